The summed E-state index contributed by atoms with van der Waals surface area (Å²) in [6.07, 6.45) is 1.91. The van der Waals surface area contributed by atoms with Gasteiger partial charge in [0.2, 0.25) is 11.8 Å². The SMILES string of the molecule is COC(=O)[C@@H]1CCCN1C(=O)CNC(=O)[C@@H]1CCCN1C(=O)OCc1ccccc1. The van der Waals surface area contributed by atoms with Crippen LogP contribution >= 0.6 is 0 Å². The highest BCUT2D eigenvalue weighted by molar-refractivity contribution is 5.91. The highest BCUT2D eigenvalue weighted by Crippen LogP contribution is 2.20. The molecule has 0 spiro atoms. The highest BCUT2D eigenvalue weighted by Gasteiger charge is 2.37. The summed E-state index contributed by atoms with van der Waals surface area (Å²) in [5.74, 6) is -1.19. The fourth-order valence-corrected chi connectivity index (χ4v) is 3.89. The summed E-state index contributed by atoms with van der Waals surface area (Å²) in [6.45, 7) is 0.786. The lowest BCUT2D eigenvalue weighted by Gasteiger charge is -2.25. The van der Waals surface area contributed by atoms with E-state index in [4.69, 9.17) is 9.47 Å². The van der Waals surface area contributed by atoms with Gasteiger partial charge in [0.15, 0.2) is 0 Å². The van der Waals surface area contributed by atoms with E-state index in [0.717, 1.165) is 5.56 Å². The molecule has 1 aromatic carbocycles. The summed E-state index contributed by atoms with van der Waals surface area (Å²) in [5.41, 5.74) is 0.863. The highest BCUT2D eigenvalue weighted by atomic mass is 16.6. The maximum Gasteiger partial charge on any atom is 0.410 e. The largest absolute Gasteiger partial charge is 0.467 e. The van der Waals surface area contributed by atoms with Gasteiger partial charge in [-0.25, -0.2) is 9.59 Å². The van der Waals surface area contributed by atoms with Crippen LogP contribution in [0.15, 0.2) is 30.3 Å². The first-order valence-corrected chi connectivity index (χ1v) is 10.1. The van der Waals surface area contributed by atoms with Gasteiger partial charge in [-0.1, -0.05) is 30.3 Å². The van der Waals surface area contributed by atoms with Crippen molar-refractivity contribution >= 4 is 23.9 Å². The zero-order valence-electron chi connectivity index (χ0n) is 17.0. The predicted octanol–water partition coefficient (Wildman–Crippen LogP) is 1.07. The number of carbonyl (C=O) groups is 4. The topological polar surface area (TPSA) is 105 Å². The average molecular weight is 417 g/mol. The molecule has 30 heavy (non-hydrogen) atoms. The molecule has 2 saturated heterocycles. The number of esters is 1. The number of nitrogens with one attached hydrogen (secondary N) is 1. The summed E-state index contributed by atoms with van der Waals surface area (Å²) in [5, 5.41) is 2.61. The summed E-state index contributed by atoms with van der Waals surface area (Å²) in [4.78, 5) is 52.1. The van der Waals surface area contributed by atoms with Gasteiger partial charge in [0.25, 0.3) is 0 Å². The molecule has 0 radical (unpaired) electrons. The Labute approximate surface area is 175 Å². The molecule has 2 heterocycles. The first kappa shape index (κ1) is 21.6. The number of benzene rings is 1. The number of amides is 3. The van der Waals surface area contributed by atoms with Crippen LogP contribution in [-0.2, 0) is 30.5 Å². The summed E-state index contributed by atoms with van der Waals surface area (Å²) in [6, 6.07) is 8.03. The van der Waals surface area contributed by atoms with Gasteiger partial charge in [-0.15, -0.1) is 0 Å². The Morgan fingerprint density at radius 2 is 1.67 bits per heavy atom. The van der Waals surface area contributed by atoms with Crippen molar-refractivity contribution in [3.63, 3.8) is 0 Å². The fraction of sp³-hybridized carbons (Fsp3) is 0.524. The van der Waals surface area contributed by atoms with Crippen LogP contribution in [0, 0.1) is 0 Å². The number of nitrogens with zero attached hydrogens (tertiary/aromatic N) is 2. The third-order valence-corrected chi connectivity index (χ3v) is 5.46. The van der Waals surface area contributed by atoms with E-state index >= 15 is 0 Å². The molecule has 2 fully saturated rings. The van der Waals surface area contributed by atoms with Crippen molar-refractivity contribution in [2.24, 2.45) is 0 Å². The second kappa shape index (κ2) is 10.1. The van der Waals surface area contributed by atoms with E-state index in [1.807, 2.05) is 30.3 Å². The lowest BCUT2D eigenvalue weighted by molar-refractivity contribution is -0.150. The minimum Gasteiger partial charge on any atom is -0.467 e. The first-order chi connectivity index (χ1) is 14.5. The monoisotopic (exact) mass is 417 g/mol. The molecule has 3 rings (SSSR count). The van der Waals surface area contributed by atoms with E-state index in [0.29, 0.717) is 38.8 Å². The molecule has 0 unspecified atom stereocenters. The molecular formula is C21H27N3O6. The maximum absolute atomic E-state index is 12.6. The van der Waals surface area contributed by atoms with Crippen LogP contribution in [0.5, 0.6) is 0 Å². The van der Waals surface area contributed by atoms with Gasteiger partial charge in [-0.05, 0) is 31.2 Å². The molecule has 9 nitrogen and oxygen atoms in total. The minimum absolute atomic E-state index is 0.132. The molecule has 1 aromatic rings. The summed E-state index contributed by atoms with van der Waals surface area (Å²) in [7, 11) is 1.29. The number of methoxy groups -OCH3 is 1. The zero-order valence-corrected chi connectivity index (χ0v) is 17.0. The normalized spacial score (nSPS) is 20.7. The van der Waals surface area contributed by atoms with Crippen molar-refractivity contribution in [3.8, 4) is 0 Å². The van der Waals surface area contributed by atoms with Gasteiger partial charge in [-0.3, -0.25) is 14.5 Å². The molecular weight excluding hydrogens is 390 g/mol. The Kier molecular flexibility index (Phi) is 7.26. The minimum atomic E-state index is -0.670. The maximum atomic E-state index is 12.6. The molecule has 162 valence electrons. The van der Waals surface area contributed by atoms with Crippen molar-refractivity contribution in [2.45, 2.75) is 44.4 Å². The van der Waals surface area contributed by atoms with E-state index in [9.17, 15) is 19.2 Å². The van der Waals surface area contributed by atoms with Crippen molar-refractivity contribution < 1.29 is 28.7 Å². The van der Waals surface area contributed by atoms with E-state index in [1.165, 1.54) is 16.9 Å². The van der Waals surface area contributed by atoms with Gasteiger partial charge in [-0.2, -0.15) is 0 Å². The third kappa shape index (κ3) is 5.08. The van der Waals surface area contributed by atoms with Gasteiger partial charge in [0, 0.05) is 13.1 Å². The molecule has 0 saturated carbocycles. The Bertz CT molecular complexity index is 784. The molecule has 9 heteroatoms. The summed E-state index contributed by atoms with van der Waals surface area (Å²) >= 11 is 0. The molecule has 2 aliphatic heterocycles. The van der Waals surface area contributed by atoms with Crippen LogP contribution < -0.4 is 5.32 Å². The van der Waals surface area contributed by atoms with Crippen molar-refractivity contribution in [3.05, 3.63) is 35.9 Å². The summed E-state index contributed by atoms with van der Waals surface area (Å²) < 4.78 is 10.1. The lowest BCUT2D eigenvalue weighted by atomic mass is 10.2. The van der Waals surface area contributed by atoms with Crippen LogP contribution in [0.3, 0.4) is 0 Å². The van der Waals surface area contributed by atoms with Crippen molar-refractivity contribution in [1.82, 2.24) is 15.1 Å². The Morgan fingerprint density at radius 3 is 2.37 bits per heavy atom. The quantitative estimate of drug-likeness (QED) is 0.694. The van der Waals surface area contributed by atoms with Crippen molar-refractivity contribution in [2.75, 3.05) is 26.7 Å². The Hall–Kier alpha value is -3.10. The molecule has 2 aliphatic rings. The van der Waals surface area contributed by atoms with Gasteiger partial charge in [0.05, 0.1) is 13.7 Å². The molecule has 1 N–H and O–H groups in total. The third-order valence-electron chi connectivity index (χ3n) is 5.46. The standard InChI is InChI=1S/C21H27N3O6/c1-29-20(27)17-10-6-11-23(17)18(25)13-22-19(26)16-9-5-12-24(16)21(28)30-14-15-7-3-2-4-8-15/h2-4,7-8,16-17H,5-6,9-14H2,1H3,(H,22,26)/t16-,17-/m0/s1. The van der Waals surface area contributed by atoms with Crippen LogP contribution in [-0.4, -0.2) is 72.5 Å². The number of carbonyl (C=O) groups excluding carboxylic acids is 4. The Balaban J connectivity index is 1.49. The molecule has 0 aromatic heterocycles. The van der Waals surface area contributed by atoms with Gasteiger partial charge >= 0.3 is 12.1 Å². The van der Waals surface area contributed by atoms with E-state index in [-0.39, 0.29) is 19.1 Å². The second-order valence-electron chi connectivity index (χ2n) is 7.38. The Morgan fingerprint density at radius 1 is 1.00 bits per heavy atom. The number of hydrogen-bond acceptors (Lipinski definition) is 6. The van der Waals surface area contributed by atoms with Gasteiger partial charge in [0.1, 0.15) is 18.7 Å². The second-order valence-corrected chi connectivity index (χ2v) is 7.38. The fourth-order valence-electron chi connectivity index (χ4n) is 3.89. The number of hydrogen-bond donors (Lipinski definition) is 1. The van der Waals surface area contributed by atoms with E-state index in [2.05, 4.69) is 5.32 Å². The number of rotatable bonds is 6. The van der Waals surface area contributed by atoms with Crippen LogP contribution in [0.1, 0.15) is 31.2 Å². The average Bonchev–Trinajstić information content (AvgIpc) is 3.45. The van der Waals surface area contributed by atoms with Crippen LogP contribution in [0.25, 0.3) is 0 Å². The predicted molar refractivity (Wildman–Crippen MR) is 106 cm³/mol. The van der Waals surface area contributed by atoms with Crippen LogP contribution in [0.2, 0.25) is 0 Å². The number of likely N-dealkylation sites (tertiary alicyclic amines) is 2. The zero-order chi connectivity index (χ0) is 21.5. The molecule has 0 bridgehead atoms. The van der Waals surface area contributed by atoms with Crippen molar-refractivity contribution in [1.29, 1.82) is 0 Å². The van der Waals surface area contributed by atoms with E-state index < -0.39 is 30.1 Å². The van der Waals surface area contributed by atoms with Crippen LogP contribution in [0.4, 0.5) is 4.79 Å². The van der Waals surface area contributed by atoms with E-state index in [1.54, 1.807) is 0 Å². The first-order valence-electron chi connectivity index (χ1n) is 10.1. The lowest BCUT2D eigenvalue weighted by Crippen LogP contribution is -2.50. The smallest absolute Gasteiger partial charge is 0.410 e. The molecule has 2 atom stereocenters. The molecule has 3 amide bonds. The number of ether oxygens (including phenoxy) is 2. The van der Waals surface area contributed by atoms with Gasteiger partial charge < -0.3 is 19.7 Å². The molecule has 0 aliphatic carbocycles.